The third-order valence-electron chi connectivity index (χ3n) is 3.61. The Kier molecular flexibility index (Phi) is 2.59. The number of rotatable bonds is 4. The van der Waals surface area contributed by atoms with E-state index in [1.54, 1.807) is 0 Å². The molecule has 0 aliphatic heterocycles. The zero-order valence-corrected chi connectivity index (χ0v) is 9.79. The molecule has 0 spiro atoms. The molecule has 0 unspecified atom stereocenters. The minimum absolute atomic E-state index is 0.270. The molecule has 0 aromatic heterocycles. The van der Waals surface area contributed by atoms with Gasteiger partial charge in [-0.2, -0.15) is 0 Å². The Morgan fingerprint density at radius 1 is 1.20 bits per heavy atom. The van der Waals surface area contributed by atoms with Gasteiger partial charge >= 0.3 is 0 Å². The molecule has 1 aromatic carbocycles. The monoisotopic (exact) mass is 203 g/mol. The summed E-state index contributed by atoms with van der Waals surface area (Å²) in [5.41, 5.74) is 8.04. The van der Waals surface area contributed by atoms with Gasteiger partial charge in [-0.25, -0.2) is 0 Å². The van der Waals surface area contributed by atoms with Crippen LogP contribution in [0.3, 0.4) is 0 Å². The molecule has 1 heteroatoms. The van der Waals surface area contributed by atoms with Crippen LogP contribution in [0.1, 0.15) is 38.7 Å². The molecule has 0 amide bonds. The van der Waals surface area contributed by atoms with E-state index in [-0.39, 0.29) is 5.41 Å². The summed E-state index contributed by atoms with van der Waals surface area (Å²) in [6.45, 7) is 5.33. The Hall–Kier alpha value is -0.820. The molecule has 1 aromatic rings. The van der Waals surface area contributed by atoms with Gasteiger partial charge in [-0.15, -0.1) is 0 Å². The molecule has 1 aliphatic carbocycles. The fourth-order valence-corrected chi connectivity index (χ4v) is 2.50. The molecule has 0 heterocycles. The van der Waals surface area contributed by atoms with Gasteiger partial charge in [-0.05, 0) is 42.2 Å². The van der Waals surface area contributed by atoms with E-state index in [2.05, 4.69) is 44.2 Å². The minimum atomic E-state index is 0.270. The highest BCUT2D eigenvalue weighted by Crippen LogP contribution is 2.54. The van der Waals surface area contributed by atoms with Gasteiger partial charge < -0.3 is 5.73 Å². The van der Waals surface area contributed by atoms with Gasteiger partial charge in [-0.1, -0.05) is 44.2 Å². The lowest BCUT2D eigenvalue weighted by molar-refractivity contribution is 0.305. The molecular weight excluding hydrogens is 182 g/mol. The third-order valence-corrected chi connectivity index (χ3v) is 3.61. The van der Waals surface area contributed by atoms with Crippen LogP contribution >= 0.6 is 0 Å². The molecule has 1 aliphatic rings. The number of hydrogen-bond acceptors (Lipinski definition) is 1. The second-order valence-corrected chi connectivity index (χ2v) is 5.69. The molecule has 82 valence electrons. The number of nitrogens with two attached hydrogens (primary N) is 1. The van der Waals surface area contributed by atoms with Gasteiger partial charge in [0.25, 0.3) is 0 Å². The maximum absolute atomic E-state index is 5.82. The van der Waals surface area contributed by atoms with Crippen molar-refractivity contribution in [2.24, 2.45) is 11.1 Å². The summed E-state index contributed by atoms with van der Waals surface area (Å²) in [7, 11) is 0. The SMILES string of the molecule is CC(C)(CN)CC1(c2ccccc2)CC1. The van der Waals surface area contributed by atoms with E-state index in [9.17, 15) is 0 Å². The molecular formula is C14H21N. The highest BCUT2D eigenvalue weighted by Gasteiger charge is 2.46. The molecule has 0 bridgehead atoms. The minimum Gasteiger partial charge on any atom is -0.330 e. The first kappa shape index (κ1) is 10.7. The molecule has 2 rings (SSSR count). The zero-order chi connectivity index (χ0) is 10.9. The van der Waals surface area contributed by atoms with E-state index in [1.807, 2.05) is 0 Å². The summed E-state index contributed by atoms with van der Waals surface area (Å²) in [5.74, 6) is 0. The average Bonchev–Trinajstić information content (AvgIpc) is 3.00. The second kappa shape index (κ2) is 3.64. The van der Waals surface area contributed by atoms with Crippen LogP contribution in [0.2, 0.25) is 0 Å². The smallest absolute Gasteiger partial charge is 0.00255 e. The Morgan fingerprint density at radius 3 is 2.27 bits per heavy atom. The summed E-state index contributed by atoms with van der Waals surface area (Å²) in [5, 5.41) is 0. The van der Waals surface area contributed by atoms with E-state index >= 15 is 0 Å². The van der Waals surface area contributed by atoms with Gasteiger partial charge in [-0.3, -0.25) is 0 Å². The van der Waals surface area contributed by atoms with Crippen molar-refractivity contribution in [2.45, 2.75) is 38.5 Å². The van der Waals surface area contributed by atoms with Crippen LogP contribution in [-0.2, 0) is 5.41 Å². The number of benzene rings is 1. The van der Waals surface area contributed by atoms with Gasteiger partial charge in [0.2, 0.25) is 0 Å². The van der Waals surface area contributed by atoms with Crippen LogP contribution in [0.4, 0.5) is 0 Å². The van der Waals surface area contributed by atoms with Crippen molar-refractivity contribution in [2.75, 3.05) is 6.54 Å². The number of hydrogen-bond donors (Lipinski definition) is 1. The van der Waals surface area contributed by atoms with E-state index in [0.29, 0.717) is 5.41 Å². The van der Waals surface area contributed by atoms with Crippen LogP contribution in [-0.4, -0.2) is 6.54 Å². The topological polar surface area (TPSA) is 26.0 Å². The second-order valence-electron chi connectivity index (χ2n) is 5.69. The van der Waals surface area contributed by atoms with Crippen molar-refractivity contribution < 1.29 is 0 Å². The van der Waals surface area contributed by atoms with Crippen LogP contribution < -0.4 is 5.73 Å². The van der Waals surface area contributed by atoms with Crippen LogP contribution in [0.5, 0.6) is 0 Å². The lowest BCUT2D eigenvalue weighted by Crippen LogP contribution is -2.28. The first-order valence-corrected chi connectivity index (χ1v) is 5.84. The maximum Gasteiger partial charge on any atom is -0.00255 e. The van der Waals surface area contributed by atoms with E-state index < -0.39 is 0 Å². The molecule has 0 saturated heterocycles. The molecule has 1 saturated carbocycles. The molecule has 1 fully saturated rings. The normalized spacial score (nSPS) is 18.9. The molecule has 0 radical (unpaired) electrons. The van der Waals surface area contributed by atoms with Crippen molar-refractivity contribution in [3.8, 4) is 0 Å². The fraction of sp³-hybridized carbons (Fsp3) is 0.571. The Labute approximate surface area is 92.7 Å². The summed E-state index contributed by atoms with van der Waals surface area (Å²) in [6.07, 6.45) is 3.89. The highest BCUT2D eigenvalue weighted by atomic mass is 14.6. The fourth-order valence-electron chi connectivity index (χ4n) is 2.50. The van der Waals surface area contributed by atoms with Crippen LogP contribution in [0.15, 0.2) is 30.3 Å². The first-order chi connectivity index (χ1) is 7.08. The predicted octanol–water partition coefficient (Wildman–Crippen LogP) is 3.09. The van der Waals surface area contributed by atoms with Gasteiger partial charge in [0, 0.05) is 0 Å². The standard InChI is InChI=1S/C14H21N/c1-13(2,11-15)10-14(8-9-14)12-6-4-3-5-7-12/h3-7H,8-11,15H2,1-2H3. The van der Waals surface area contributed by atoms with E-state index in [1.165, 1.54) is 24.8 Å². The summed E-state index contributed by atoms with van der Waals surface area (Å²) in [6, 6.07) is 10.9. The first-order valence-electron chi connectivity index (χ1n) is 5.84. The van der Waals surface area contributed by atoms with E-state index in [0.717, 1.165) is 6.54 Å². The molecule has 0 atom stereocenters. The zero-order valence-electron chi connectivity index (χ0n) is 9.79. The van der Waals surface area contributed by atoms with Gasteiger partial charge in [0.15, 0.2) is 0 Å². The van der Waals surface area contributed by atoms with Crippen molar-refractivity contribution >= 4 is 0 Å². The molecule has 1 nitrogen and oxygen atoms in total. The predicted molar refractivity (Wildman–Crippen MR) is 64.8 cm³/mol. The maximum atomic E-state index is 5.82. The lowest BCUT2D eigenvalue weighted by Gasteiger charge is -2.28. The van der Waals surface area contributed by atoms with Crippen molar-refractivity contribution in [3.05, 3.63) is 35.9 Å². The summed E-state index contributed by atoms with van der Waals surface area (Å²) < 4.78 is 0. The Bertz CT molecular complexity index is 322. The van der Waals surface area contributed by atoms with Crippen molar-refractivity contribution in [1.29, 1.82) is 0 Å². The summed E-state index contributed by atoms with van der Waals surface area (Å²) in [4.78, 5) is 0. The quantitative estimate of drug-likeness (QED) is 0.799. The molecule has 15 heavy (non-hydrogen) atoms. The van der Waals surface area contributed by atoms with E-state index in [4.69, 9.17) is 5.73 Å². The Balaban J connectivity index is 2.15. The third kappa shape index (κ3) is 2.23. The average molecular weight is 203 g/mol. The molecule has 2 N–H and O–H groups in total. The van der Waals surface area contributed by atoms with Crippen molar-refractivity contribution in [3.63, 3.8) is 0 Å². The largest absolute Gasteiger partial charge is 0.330 e. The van der Waals surface area contributed by atoms with Gasteiger partial charge in [0.05, 0.1) is 0 Å². The lowest BCUT2D eigenvalue weighted by atomic mass is 9.78. The van der Waals surface area contributed by atoms with Gasteiger partial charge in [0.1, 0.15) is 0 Å². The Morgan fingerprint density at radius 2 is 1.80 bits per heavy atom. The van der Waals surface area contributed by atoms with Crippen LogP contribution in [0.25, 0.3) is 0 Å². The summed E-state index contributed by atoms with van der Waals surface area (Å²) >= 11 is 0. The van der Waals surface area contributed by atoms with Crippen molar-refractivity contribution in [1.82, 2.24) is 0 Å². The highest BCUT2D eigenvalue weighted by molar-refractivity contribution is 5.31. The van der Waals surface area contributed by atoms with Crippen LogP contribution in [0, 0.1) is 5.41 Å².